The molecule has 0 radical (unpaired) electrons. The molecular weight excluding hydrogens is 338 g/mol. The number of likely N-dealkylation sites (tertiary alicyclic amines) is 1. The molecule has 9 heteroatoms. The van der Waals surface area contributed by atoms with Gasteiger partial charge < -0.3 is 24.5 Å². The van der Waals surface area contributed by atoms with Crippen LogP contribution in [0.4, 0.5) is 16.2 Å². The summed E-state index contributed by atoms with van der Waals surface area (Å²) in [5.74, 6) is -0.436. The van der Waals surface area contributed by atoms with Crippen molar-refractivity contribution in [2.75, 3.05) is 23.7 Å². The van der Waals surface area contributed by atoms with Gasteiger partial charge in [-0.15, -0.1) is 0 Å². The van der Waals surface area contributed by atoms with Gasteiger partial charge in [-0.1, -0.05) is 0 Å². The van der Waals surface area contributed by atoms with Gasteiger partial charge in [-0.05, 0) is 25.0 Å². The highest BCUT2D eigenvalue weighted by Crippen LogP contribution is 2.19. The predicted molar refractivity (Wildman–Crippen MR) is 95.6 cm³/mol. The van der Waals surface area contributed by atoms with Gasteiger partial charge in [0.15, 0.2) is 0 Å². The van der Waals surface area contributed by atoms with Crippen molar-refractivity contribution >= 4 is 29.3 Å². The van der Waals surface area contributed by atoms with Crippen molar-refractivity contribution in [2.45, 2.75) is 12.8 Å². The van der Waals surface area contributed by atoms with Crippen LogP contribution in [0.25, 0.3) is 0 Å². The summed E-state index contributed by atoms with van der Waals surface area (Å²) in [7, 11) is 3.41. The van der Waals surface area contributed by atoms with Crippen LogP contribution in [-0.4, -0.2) is 50.1 Å². The second-order valence-corrected chi connectivity index (χ2v) is 6.33. The lowest BCUT2D eigenvalue weighted by atomic mass is 10.3. The number of nitrogens with one attached hydrogen (secondary N) is 2. The normalized spacial score (nSPS) is 13.7. The van der Waals surface area contributed by atoms with E-state index >= 15 is 0 Å². The van der Waals surface area contributed by atoms with E-state index in [0.29, 0.717) is 22.8 Å². The van der Waals surface area contributed by atoms with Crippen LogP contribution in [0.15, 0.2) is 24.5 Å². The molecule has 0 saturated carbocycles. The minimum Gasteiger partial charge on any atom is -0.465 e. The van der Waals surface area contributed by atoms with Crippen LogP contribution >= 0.6 is 0 Å². The van der Waals surface area contributed by atoms with Gasteiger partial charge in [-0.25, -0.2) is 4.79 Å². The van der Waals surface area contributed by atoms with Crippen LogP contribution in [0.5, 0.6) is 0 Å². The summed E-state index contributed by atoms with van der Waals surface area (Å²) in [6, 6.07) is 3.10. The Morgan fingerprint density at radius 3 is 2.08 bits per heavy atom. The first-order valence-electron chi connectivity index (χ1n) is 8.28. The summed E-state index contributed by atoms with van der Waals surface area (Å²) in [5, 5.41) is 13.7. The van der Waals surface area contributed by atoms with Gasteiger partial charge in [0.25, 0.3) is 11.8 Å². The maximum absolute atomic E-state index is 12.5. The van der Waals surface area contributed by atoms with Gasteiger partial charge in [0, 0.05) is 39.6 Å². The number of anilines is 2. The molecule has 0 unspecified atom stereocenters. The van der Waals surface area contributed by atoms with Crippen molar-refractivity contribution in [2.24, 2.45) is 14.1 Å². The second kappa shape index (κ2) is 6.95. The van der Waals surface area contributed by atoms with Crippen LogP contribution in [-0.2, 0) is 14.1 Å². The molecule has 1 aliphatic heterocycles. The number of nitrogens with zero attached hydrogens (tertiary/aromatic N) is 3. The van der Waals surface area contributed by atoms with Crippen LogP contribution in [0, 0.1) is 0 Å². The lowest BCUT2D eigenvalue weighted by molar-refractivity contribution is 0.0783. The minimum atomic E-state index is -1.20. The molecule has 3 heterocycles. The number of rotatable bonds is 4. The van der Waals surface area contributed by atoms with Crippen molar-refractivity contribution in [3.05, 3.63) is 35.9 Å². The molecule has 1 fully saturated rings. The molecule has 9 nitrogen and oxygen atoms in total. The van der Waals surface area contributed by atoms with E-state index in [4.69, 9.17) is 5.11 Å². The molecule has 0 bridgehead atoms. The molecule has 0 aliphatic carbocycles. The summed E-state index contributed by atoms with van der Waals surface area (Å²) >= 11 is 0. The van der Waals surface area contributed by atoms with Crippen LogP contribution in [0.1, 0.15) is 33.8 Å². The fourth-order valence-corrected chi connectivity index (χ4v) is 3.10. The number of aryl methyl sites for hydroxylation is 2. The van der Waals surface area contributed by atoms with Crippen LogP contribution < -0.4 is 10.6 Å². The summed E-state index contributed by atoms with van der Waals surface area (Å²) in [6.45, 7) is 1.52. The fourth-order valence-electron chi connectivity index (χ4n) is 3.10. The molecule has 0 atom stereocenters. The first-order valence-corrected chi connectivity index (χ1v) is 8.28. The van der Waals surface area contributed by atoms with Crippen molar-refractivity contribution in [3.8, 4) is 0 Å². The van der Waals surface area contributed by atoms with Crippen molar-refractivity contribution in [1.82, 2.24) is 14.0 Å². The van der Waals surface area contributed by atoms with E-state index in [1.165, 1.54) is 16.8 Å². The topological polar surface area (TPSA) is 109 Å². The number of hydrogen-bond acceptors (Lipinski definition) is 3. The Kier molecular flexibility index (Phi) is 4.70. The first kappa shape index (κ1) is 17.6. The van der Waals surface area contributed by atoms with Crippen LogP contribution in [0.3, 0.4) is 0 Å². The highest BCUT2D eigenvalue weighted by Gasteiger charge is 2.23. The van der Waals surface area contributed by atoms with Crippen molar-refractivity contribution < 1.29 is 19.5 Å². The third-order valence-electron chi connectivity index (χ3n) is 4.36. The highest BCUT2D eigenvalue weighted by molar-refractivity contribution is 6.05. The largest absolute Gasteiger partial charge is 0.465 e. The molecule has 2 aromatic rings. The van der Waals surface area contributed by atoms with E-state index in [9.17, 15) is 14.4 Å². The van der Waals surface area contributed by atoms with E-state index in [-0.39, 0.29) is 5.91 Å². The Labute approximate surface area is 150 Å². The molecule has 3 N–H and O–H groups in total. The molecule has 138 valence electrons. The zero-order valence-corrected chi connectivity index (χ0v) is 14.7. The van der Waals surface area contributed by atoms with Gasteiger partial charge in [-0.2, -0.15) is 0 Å². The molecule has 2 aromatic heterocycles. The summed E-state index contributed by atoms with van der Waals surface area (Å²) < 4.78 is 3.22. The maximum Gasteiger partial charge on any atom is 0.409 e. The number of carboxylic acid groups (broad SMARTS) is 1. The van der Waals surface area contributed by atoms with Gasteiger partial charge in [-0.3, -0.25) is 14.9 Å². The quantitative estimate of drug-likeness (QED) is 0.775. The van der Waals surface area contributed by atoms with Gasteiger partial charge in [0.05, 0.1) is 11.4 Å². The molecule has 1 saturated heterocycles. The summed E-state index contributed by atoms with van der Waals surface area (Å²) in [6.07, 6.45) is 4.02. The zero-order chi connectivity index (χ0) is 18.8. The highest BCUT2D eigenvalue weighted by atomic mass is 16.4. The second-order valence-electron chi connectivity index (χ2n) is 6.33. The Bertz CT molecular complexity index is 861. The van der Waals surface area contributed by atoms with Crippen LogP contribution in [0.2, 0.25) is 0 Å². The number of carbonyl (C=O) groups is 3. The van der Waals surface area contributed by atoms with Crippen molar-refractivity contribution in [3.63, 3.8) is 0 Å². The van der Waals surface area contributed by atoms with E-state index in [1.807, 2.05) is 4.90 Å². The fraction of sp³-hybridized carbons (Fsp3) is 0.353. The molecule has 0 aromatic carbocycles. The molecular formula is C17H21N5O4. The Hall–Kier alpha value is -3.23. The van der Waals surface area contributed by atoms with Gasteiger partial charge in [0.2, 0.25) is 0 Å². The van der Waals surface area contributed by atoms with E-state index in [1.54, 1.807) is 30.9 Å². The first-order chi connectivity index (χ1) is 12.3. The van der Waals surface area contributed by atoms with Gasteiger partial charge >= 0.3 is 6.09 Å². The monoisotopic (exact) mass is 359 g/mol. The minimum absolute atomic E-state index is 0.0442. The third-order valence-corrected chi connectivity index (χ3v) is 4.36. The zero-order valence-electron chi connectivity index (χ0n) is 14.7. The van der Waals surface area contributed by atoms with Gasteiger partial charge in [0.1, 0.15) is 11.4 Å². The predicted octanol–water partition coefficient (Wildman–Crippen LogP) is 1.94. The average Bonchev–Trinajstić information content (AvgIpc) is 3.27. The number of aromatic nitrogens is 2. The third kappa shape index (κ3) is 3.56. The molecule has 1 aliphatic rings. The molecule has 0 spiro atoms. The number of carbonyl (C=O) groups excluding carboxylic acids is 2. The van der Waals surface area contributed by atoms with Crippen molar-refractivity contribution in [1.29, 1.82) is 0 Å². The average molecular weight is 359 g/mol. The summed E-state index contributed by atoms with van der Waals surface area (Å²) in [4.78, 5) is 37.5. The Morgan fingerprint density at radius 2 is 1.46 bits per heavy atom. The summed E-state index contributed by atoms with van der Waals surface area (Å²) in [5.41, 5.74) is 1.63. The standard InChI is InChI=1S/C17H21N5O4/c1-20-10-12(19-17(25)26)7-13(20)15(23)18-11-8-14(21(2)9-11)16(24)22-5-3-4-6-22/h7-10,19H,3-6H2,1-2H3,(H,18,23)(H,25,26). The van der Waals surface area contributed by atoms with E-state index in [2.05, 4.69) is 10.6 Å². The smallest absolute Gasteiger partial charge is 0.409 e. The lowest BCUT2D eigenvalue weighted by Crippen LogP contribution is -2.29. The number of amides is 3. The Morgan fingerprint density at radius 1 is 0.923 bits per heavy atom. The molecule has 3 amide bonds. The maximum atomic E-state index is 12.5. The van der Waals surface area contributed by atoms with E-state index < -0.39 is 12.0 Å². The van der Waals surface area contributed by atoms with E-state index in [0.717, 1.165) is 25.9 Å². The molecule has 26 heavy (non-hydrogen) atoms. The number of hydrogen-bond donors (Lipinski definition) is 3. The Balaban J connectivity index is 1.74. The lowest BCUT2D eigenvalue weighted by Gasteiger charge is -2.15. The molecule has 3 rings (SSSR count). The SMILES string of the molecule is Cn1cc(NC(=O)O)cc1C(=O)Nc1cc(C(=O)N2CCCC2)n(C)c1.